The van der Waals surface area contributed by atoms with E-state index in [0.29, 0.717) is 11.4 Å². The maximum absolute atomic E-state index is 12.0. The third-order valence-electron chi connectivity index (χ3n) is 2.38. The largest absolute Gasteiger partial charge is 0.392 e. The molecular weight excluding hydrogens is 254 g/mol. The average Bonchev–Trinajstić information content (AvgIpc) is 2.90. The first-order valence-electron chi connectivity index (χ1n) is 5.29. The first-order valence-corrected chi connectivity index (χ1v) is 6.78. The Morgan fingerprint density at radius 2 is 2.22 bits per heavy atom. The number of aliphatic hydroxyl groups excluding tert-OH is 1. The van der Waals surface area contributed by atoms with Crippen LogP contribution in [0.25, 0.3) is 0 Å². The molecule has 6 nitrogen and oxygen atoms in total. The van der Waals surface area contributed by atoms with E-state index in [1.54, 1.807) is 24.5 Å². The van der Waals surface area contributed by atoms with E-state index in [9.17, 15) is 8.42 Å². The summed E-state index contributed by atoms with van der Waals surface area (Å²) < 4.78 is 26.3. The van der Waals surface area contributed by atoms with Gasteiger partial charge in [0.25, 0.3) is 0 Å². The van der Waals surface area contributed by atoms with Crippen LogP contribution in [0.5, 0.6) is 0 Å². The molecule has 18 heavy (non-hydrogen) atoms. The maximum Gasteiger partial charge on any atom is 0.240 e. The molecule has 0 spiro atoms. The van der Waals surface area contributed by atoms with Gasteiger partial charge in [0.1, 0.15) is 5.82 Å². The van der Waals surface area contributed by atoms with Gasteiger partial charge in [-0.15, -0.1) is 0 Å². The van der Waals surface area contributed by atoms with Crippen molar-refractivity contribution < 1.29 is 13.5 Å². The summed E-state index contributed by atoms with van der Waals surface area (Å²) in [6.45, 7) is -0.0970. The molecule has 0 fully saturated rings. The summed E-state index contributed by atoms with van der Waals surface area (Å²) in [4.78, 5) is 6.86. The zero-order valence-electron chi connectivity index (χ0n) is 9.50. The van der Waals surface area contributed by atoms with Crippen LogP contribution < -0.4 is 4.72 Å². The highest BCUT2D eigenvalue weighted by molar-refractivity contribution is 7.89. The Hall–Kier alpha value is -1.70. The van der Waals surface area contributed by atoms with E-state index < -0.39 is 10.0 Å². The number of aliphatic hydroxyl groups is 1. The van der Waals surface area contributed by atoms with Crippen LogP contribution in [0.2, 0.25) is 0 Å². The van der Waals surface area contributed by atoms with E-state index in [2.05, 4.69) is 14.7 Å². The van der Waals surface area contributed by atoms with Gasteiger partial charge in [0.2, 0.25) is 10.0 Å². The zero-order valence-corrected chi connectivity index (χ0v) is 10.3. The molecule has 7 heteroatoms. The SMILES string of the molecule is O=S(=O)(NCc1ncc[nH]1)c1cccc(CO)c1. The second kappa shape index (κ2) is 5.30. The molecule has 2 aromatic rings. The molecule has 0 radical (unpaired) electrons. The predicted octanol–water partition coefficient (Wildman–Crippen LogP) is 0.380. The van der Waals surface area contributed by atoms with Crippen LogP contribution in [-0.2, 0) is 23.2 Å². The standard InChI is InChI=1S/C11H13N3O3S/c15-8-9-2-1-3-10(6-9)18(16,17)14-7-11-12-4-5-13-11/h1-6,14-15H,7-8H2,(H,12,13). The molecule has 0 aliphatic carbocycles. The molecule has 0 saturated heterocycles. The fraction of sp³-hybridized carbons (Fsp3) is 0.182. The van der Waals surface area contributed by atoms with E-state index in [1.807, 2.05) is 0 Å². The van der Waals surface area contributed by atoms with E-state index in [4.69, 9.17) is 5.11 Å². The highest BCUT2D eigenvalue weighted by Gasteiger charge is 2.14. The number of aromatic nitrogens is 2. The van der Waals surface area contributed by atoms with Gasteiger partial charge in [0.15, 0.2) is 0 Å². The van der Waals surface area contributed by atoms with Crippen molar-refractivity contribution in [3.05, 3.63) is 48.0 Å². The van der Waals surface area contributed by atoms with Crippen LogP contribution in [0.3, 0.4) is 0 Å². The van der Waals surface area contributed by atoms with Crippen LogP contribution in [0.4, 0.5) is 0 Å². The Morgan fingerprint density at radius 1 is 1.39 bits per heavy atom. The molecule has 1 aromatic heterocycles. The van der Waals surface area contributed by atoms with Crippen molar-refractivity contribution in [3.8, 4) is 0 Å². The number of hydrogen-bond acceptors (Lipinski definition) is 4. The van der Waals surface area contributed by atoms with Crippen molar-refractivity contribution >= 4 is 10.0 Å². The molecule has 0 amide bonds. The summed E-state index contributed by atoms with van der Waals surface area (Å²) in [5.74, 6) is 0.539. The van der Waals surface area contributed by atoms with Gasteiger partial charge in [-0.25, -0.2) is 18.1 Å². The van der Waals surface area contributed by atoms with Crippen molar-refractivity contribution in [2.45, 2.75) is 18.0 Å². The molecule has 0 atom stereocenters. The van der Waals surface area contributed by atoms with E-state index >= 15 is 0 Å². The number of aromatic amines is 1. The number of rotatable bonds is 5. The summed E-state index contributed by atoms with van der Waals surface area (Å²) in [6, 6.07) is 6.16. The third-order valence-corrected chi connectivity index (χ3v) is 3.77. The van der Waals surface area contributed by atoms with Gasteiger partial charge in [-0.2, -0.15) is 0 Å². The average molecular weight is 267 g/mol. The first-order chi connectivity index (χ1) is 8.62. The van der Waals surface area contributed by atoms with Gasteiger partial charge in [-0.3, -0.25) is 0 Å². The minimum absolute atomic E-state index is 0.0959. The fourth-order valence-electron chi connectivity index (χ4n) is 1.45. The number of nitrogens with one attached hydrogen (secondary N) is 2. The van der Waals surface area contributed by atoms with Gasteiger partial charge in [-0.05, 0) is 17.7 Å². The molecule has 2 rings (SSSR count). The molecular formula is C11H13N3O3S. The van der Waals surface area contributed by atoms with Gasteiger partial charge >= 0.3 is 0 Å². The predicted molar refractivity (Wildman–Crippen MR) is 65.0 cm³/mol. The lowest BCUT2D eigenvalue weighted by molar-refractivity contribution is 0.281. The Morgan fingerprint density at radius 3 is 2.89 bits per heavy atom. The highest BCUT2D eigenvalue weighted by Crippen LogP contribution is 2.11. The second-order valence-electron chi connectivity index (χ2n) is 3.67. The van der Waals surface area contributed by atoms with Gasteiger partial charge < -0.3 is 10.1 Å². The minimum Gasteiger partial charge on any atom is -0.392 e. The topological polar surface area (TPSA) is 95.1 Å². The molecule has 96 valence electrons. The quantitative estimate of drug-likeness (QED) is 0.730. The van der Waals surface area contributed by atoms with Gasteiger partial charge in [0.05, 0.1) is 18.0 Å². The third kappa shape index (κ3) is 2.95. The molecule has 3 N–H and O–H groups in total. The van der Waals surface area contributed by atoms with Crippen molar-refractivity contribution in [2.24, 2.45) is 0 Å². The van der Waals surface area contributed by atoms with Crippen molar-refractivity contribution in [2.75, 3.05) is 0 Å². The van der Waals surface area contributed by atoms with E-state index in [1.165, 1.54) is 12.1 Å². The van der Waals surface area contributed by atoms with Crippen LogP contribution in [0.15, 0.2) is 41.6 Å². The monoisotopic (exact) mass is 267 g/mol. The molecule has 0 saturated carbocycles. The molecule has 0 bridgehead atoms. The lowest BCUT2D eigenvalue weighted by Crippen LogP contribution is -2.23. The van der Waals surface area contributed by atoms with Crippen LogP contribution in [0.1, 0.15) is 11.4 Å². The molecule has 1 aromatic carbocycles. The van der Waals surface area contributed by atoms with Crippen LogP contribution in [0, 0.1) is 0 Å². The van der Waals surface area contributed by atoms with Crippen LogP contribution in [-0.4, -0.2) is 23.5 Å². The Bertz CT molecular complexity index is 608. The van der Waals surface area contributed by atoms with Crippen molar-refractivity contribution in [1.82, 2.24) is 14.7 Å². The Labute approximate surface area is 105 Å². The fourth-order valence-corrected chi connectivity index (χ4v) is 2.51. The van der Waals surface area contributed by atoms with Gasteiger partial charge in [-0.1, -0.05) is 12.1 Å². The molecule has 0 aliphatic rings. The normalized spacial score (nSPS) is 11.6. The number of benzene rings is 1. The second-order valence-corrected chi connectivity index (χ2v) is 5.43. The molecule has 0 aliphatic heterocycles. The summed E-state index contributed by atoms with van der Waals surface area (Å²) >= 11 is 0. The van der Waals surface area contributed by atoms with Gasteiger partial charge in [0, 0.05) is 12.4 Å². The maximum atomic E-state index is 12.0. The summed E-state index contributed by atoms with van der Waals surface area (Å²) in [5.41, 5.74) is 0.552. The number of sulfonamides is 1. The highest BCUT2D eigenvalue weighted by atomic mass is 32.2. The molecule has 1 heterocycles. The number of H-pyrrole nitrogens is 1. The lowest BCUT2D eigenvalue weighted by atomic mass is 10.2. The number of imidazole rings is 1. The summed E-state index contributed by atoms with van der Waals surface area (Å²) in [7, 11) is -3.59. The van der Waals surface area contributed by atoms with E-state index in [0.717, 1.165) is 0 Å². The van der Waals surface area contributed by atoms with Crippen molar-refractivity contribution in [1.29, 1.82) is 0 Å². The summed E-state index contributed by atoms with van der Waals surface area (Å²) in [6.07, 6.45) is 3.17. The number of hydrogen-bond donors (Lipinski definition) is 3. The zero-order chi connectivity index (χ0) is 13.0. The minimum atomic E-state index is -3.59. The Balaban J connectivity index is 2.14. The molecule has 0 unspecified atom stereocenters. The van der Waals surface area contributed by atoms with Crippen molar-refractivity contribution in [3.63, 3.8) is 0 Å². The lowest BCUT2D eigenvalue weighted by Gasteiger charge is -2.06. The summed E-state index contributed by atoms with van der Waals surface area (Å²) in [5, 5.41) is 8.98. The smallest absolute Gasteiger partial charge is 0.240 e. The first kappa shape index (κ1) is 12.7. The van der Waals surface area contributed by atoms with E-state index in [-0.39, 0.29) is 18.0 Å². The number of nitrogens with zero attached hydrogens (tertiary/aromatic N) is 1. The van der Waals surface area contributed by atoms with Crippen LogP contribution >= 0.6 is 0 Å². The Kier molecular flexibility index (Phi) is 3.75.